The second-order valence-corrected chi connectivity index (χ2v) is 7.59. The van der Waals surface area contributed by atoms with Gasteiger partial charge >= 0.3 is 6.03 Å². The Balaban J connectivity index is 2.17. The maximum atomic E-state index is 13.1. The molecule has 0 spiro atoms. The van der Waals surface area contributed by atoms with Gasteiger partial charge in [-0.1, -0.05) is 19.9 Å². The quantitative estimate of drug-likeness (QED) is 0.609. The van der Waals surface area contributed by atoms with Gasteiger partial charge in [0.25, 0.3) is 0 Å². The van der Waals surface area contributed by atoms with Crippen LogP contribution in [-0.4, -0.2) is 55.0 Å². The van der Waals surface area contributed by atoms with E-state index in [9.17, 15) is 9.59 Å². The van der Waals surface area contributed by atoms with Crippen molar-refractivity contribution in [1.82, 2.24) is 9.80 Å². The van der Waals surface area contributed by atoms with Crippen LogP contribution in [0.1, 0.15) is 25.6 Å². The zero-order valence-corrected chi connectivity index (χ0v) is 18.3. The molecule has 0 unspecified atom stereocenters. The molecule has 0 fully saturated rings. The summed E-state index contributed by atoms with van der Waals surface area (Å²) in [6.45, 7) is 9.51. The number of hydrogen-bond donors (Lipinski definition) is 2. The van der Waals surface area contributed by atoms with Crippen molar-refractivity contribution in [2.24, 2.45) is 0 Å². The second-order valence-electron chi connectivity index (χ2n) is 6.55. The van der Waals surface area contributed by atoms with E-state index >= 15 is 0 Å². The predicted molar refractivity (Wildman–Crippen MR) is 119 cm³/mol. The van der Waals surface area contributed by atoms with E-state index in [0.717, 1.165) is 24.5 Å². The third-order valence-electron chi connectivity index (χ3n) is 4.56. The van der Waals surface area contributed by atoms with Crippen LogP contribution in [0.5, 0.6) is 5.75 Å². The molecule has 29 heavy (non-hydrogen) atoms. The molecule has 0 aliphatic heterocycles. The molecular formula is C21H30N4O3S. The van der Waals surface area contributed by atoms with Gasteiger partial charge < -0.3 is 25.2 Å². The third-order valence-corrected chi connectivity index (χ3v) is 5.42. The Hall–Kier alpha value is -2.58. The molecule has 7 nitrogen and oxygen atoms in total. The number of carbonyl (C=O) groups is 2. The highest BCUT2D eigenvalue weighted by Crippen LogP contribution is 2.28. The lowest BCUT2D eigenvalue weighted by Gasteiger charge is -2.26. The van der Waals surface area contributed by atoms with Crippen molar-refractivity contribution in [1.29, 1.82) is 0 Å². The Bertz CT molecular complexity index is 791. The number of urea groups is 1. The molecule has 1 heterocycles. The first-order valence-electron chi connectivity index (χ1n) is 9.73. The lowest BCUT2D eigenvalue weighted by molar-refractivity contribution is -0.114. The van der Waals surface area contributed by atoms with Crippen molar-refractivity contribution in [2.75, 3.05) is 43.9 Å². The first kappa shape index (κ1) is 22.7. The highest BCUT2D eigenvalue weighted by atomic mass is 32.1. The Morgan fingerprint density at radius 3 is 2.45 bits per heavy atom. The highest BCUT2D eigenvalue weighted by Gasteiger charge is 2.18. The molecule has 0 atom stereocenters. The SMILES string of the molecule is CCN(CC)CCN(Cc1cccs1)C(=O)Nc1cc(NC(C)=O)ccc1OC. The monoisotopic (exact) mass is 418 g/mol. The Morgan fingerprint density at radius 1 is 1.10 bits per heavy atom. The maximum absolute atomic E-state index is 13.1. The zero-order valence-electron chi connectivity index (χ0n) is 17.5. The van der Waals surface area contributed by atoms with Crippen molar-refractivity contribution in [3.05, 3.63) is 40.6 Å². The molecule has 0 bridgehead atoms. The van der Waals surface area contributed by atoms with Crippen LogP contribution >= 0.6 is 11.3 Å². The van der Waals surface area contributed by atoms with Gasteiger partial charge in [0.2, 0.25) is 5.91 Å². The number of anilines is 2. The molecule has 0 saturated heterocycles. The van der Waals surface area contributed by atoms with E-state index < -0.39 is 0 Å². The highest BCUT2D eigenvalue weighted by molar-refractivity contribution is 7.09. The summed E-state index contributed by atoms with van der Waals surface area (Å²) in [5, 5.41) is 7.68. The molecule has 0 aliphatic carbocycles. The average molecular weight is 419 g/mol. The number of hydrogen-bond acceptors (Lipinski definition) is 5. The molecule has 3 amide bonds. The largest absolute Gasteiger partial charge is 0.495 e. The van der Waals surface area contributed by atoms with Crippen LogP contribution in [0.2, 0.25) is 0 Å². The molecule has 0 saturated carbocycles. The lowest BCUT2D eigenvalue weighted by atomic mass is 10.2. The van der Waals surface area contributed by atoms with Crippen molar-refractivity contribution in [2.45, 2.75) is 27.3 Å². The first-order chi connectivity index (χ1) is 14.0. The van der Waals surface area contributed by atoms with E-state index in [0.29, 0.717) is 30.2 Å². The minimum Gasteiger partial charge on any atom is -0.495 e. The summed E-state index contributed by atoms with van der Waals surface area (Å²) in [5.74, 6) is 0.359. The minimum absolute atomic E-state index is 0.175. The molecule has 0 aliphatic rings. The van der Waals surface area contributed by atoms with E-state index in [1.165, 1.54) is 6.92 Å². The summed E-state index contributed by atoms with van der Waals surface area (Å²) in [6.07, 6.45) is 0. The van der Waals surface area contributed by atoms with Gasteiger partial charge in [-0.3, -0.25) is 4.79 Å². The van der Waals surface area contributed by atoms with Crippen molar-refractivity contribution >= 4 is 34.6 Å². The van der Waals surface area contributed by atoms with Gasteiger partial charge in [-0.05, 0) is 42.7 Å². The number of methoxy groups -OCH3 is 1. The Kier molecular flexibility index (Phi) is 8.95. The summed E-state index contributed by atoms with van der Waals surface area (Å²) in [6, 6.07) is 8.97. The lowest BCUT2D eigenvalue weighted by Crippen LogP contribution is -2.40. The van der Waals surface area contributed by atoms with E-state index in [1.54, 1.807) is 41.5 Å². The normalized spacial score (nSPS) is 10.7. The number of thiophene rings is 1. The predicted octanol–water partition coefficient (Wildman–Crippen LogP) is 4.09. The maximum Gasteiger partial charge on any atom is 0.322 e. The molecule has 2 rings (SSSR count). The first-order valence-corrected chi connectivity index (χ1v) is 10.6. The molecule has 1 aromatic carbocycles. The molecule has 8 heteroatoms. The van der Waals surface area contributed by atoms with Crippen LogP contribution in [0.4, 0.5) is 16.2 Å². The van der Waals surface area contributed by atoms with Gasteiger partial charge in [0.1, 0.15) is 5.75 Å². The number of amides is 3. The zero-order chi connectivity index (χ0) is 21.2. The summed E-state index contributed by atoms with van der Waals surface area (Å²) < 4.78 is 5.37. The average Bonchev–Trinajstić information content (AvgIpc) is 3.20. The molecule has 158 valence electrons. The Morgan fingerprint density at radius 2 is 1.86 bits per heavy atom. The molecule has 2 aromatic rings. The number of rotatable bonds is 10. The number of nitrogens with one attached hydrogen (secondary N) is 2. The van der Waals surface area contributed by atoms with Crippen molar-refractivity contribution < 1.29 is 14.3 Å². The van der Waals surface area contributed by atoms with Crippen LogP contribution < -0.4 is 15.4 Å². The van der Waals surface area contributed by atoms with Gasteiger partial charge in [0.05, 0.1) is 19.3 Å². The summed E-state index contributed by atoms with van der Waals surface area (Å²) in [5.41, 5.74) is 1.12. The van der Waals surface area contributed by atoms with Gasteiger partial charge in [-0.25, -0.2) is 4.79 Å². The fraction of sp³-hybridized carbons (Fsp3) is 0.429. The van der Waals surface area contributed by atoms with Gasteiger partial charge in [0, 0.05) is 30.6 Å². The number of benzene rings is 1. The van der Waals surface area contributed by atoms with Crippen LogP contribution in [0.15, 0.2) is 35.7 Å². The second kappa shape index (κ2) is 11.4. The van der Waals surface area contributed by atoms with E-state index in [-0.39, 0.29) is 11.9 Å². The van der Waals surface area contributed by atoms with Crippen LogP contribution in [-0.2, 0) is 11.3 Å². The molecule has 2 N–H and O–H groups in total. The van der Waals surface area contributed by atoms with Crippen molar-refractivity contribution in [3.63, 3.8) is 0 Å². The molecular weight excluding hydrogens is 388 g/mol. The van der Waals surface area contributed by atoms with Crippen LogP contribution in [0, 0.1) is 0 Å². The van der Waals surface area contributed by atoms with Crippen molar-refractivity contribution in [3.8, 4) is 5.75 Å². The summed E-state index contributed by atoms with van der Waals surface area (Å²) in [7, 11) is 1.55. The number of nitrogens with zero attached hydrogens (tertiary/aromatic N) is 2. The molecule has 0 radical (unpaired) electrons. The number of ether oxygens (including phenoxy) is 1. The topological polar surface area (TPSA) is 73.9 Å². The van der Waals surface area contributed by atoms with Gasteiger partial charge in [-0.15, -0.1) is 11.3 Å². The molecule has 1 aromatic heterocycles. The van der Waals surface area contributed by atoms with Gasteiger partial charge in [-0.2, -0.15) is 0 Å². The summed E-state index contributed by atoms with van der Waals surface area (Å²) >= 11 is 1.63. The fourth-order valence-electron chi connectivity index (χ4n) is 2.93. The third kappa shape index (κ3) is 7.07. The van der Waals surface area contributed by atoms with E-state index in [4.69, 9.17) is 4.74 Å². The smallest absolute Gasteiger partial charge is 0.322 e. The van der Waals surface area contributed by atoms with Crippen LogP contribution in [0.3, 0.4) is 0 Å². The van der Waals surface area contributed by atoms with Gasteiger partial charge in [0.15, 0.2) is 0 Å². The summed E-state index contributed by atoms with van der Waals surface area (Å²) in [4.78, 5) is 29.6. The van der Waals surface area contributed by atoms with Crippen LogP contribution in [0.25, 0.3) is 0 Å². The Labute approximate surface area is 176 Å². The fourth-order valence-corrected chi connectivity index (χ4v) is 3.65. The minimum atomic E-state index is -0.205. The number of likely N-dealkylation sites (N-methyl/N-ethyl adjacent to an activating group) is 1. The number of carbonyl (C=O) groups excluding carboxylic acids is 2. The van der Waals surface area contributed by atoms with E-state index in [1.807, 2.05) is 17.5 Å². The van der Waals surface area contributed by atoms with E-state index in [2.05, 4.69) is 29.4 Å². The standard InChI is InChI=1S/C21H30N4O3S/c1-5-24(6-2)11-12-25(15-18-8-7-13-29-18)21(27)23-19-14-17(22-16(3)26)9-10-20(19)28-4/h7-10,13-14H,5-6,11-12,15H2,1-4H3,(H,22,26)(H,23,27).